The molecule has 0 amide bonds. The third kappa shape index (κ3) is 4.85. The summed E-state index contributed by atoms with van der Waals surface area (Å²) in [6.07, 6.45) is -0.516. The average molecular weight is 425 g/mol. The predicted octanol–water partition coefficient (Wildman–Crippen LogP) is 4.09. The van der Waals surface area contributed by atoms with Crippen molar-refractivity contribution in [1.82, 2.24) is 19.7 Å². The van der Waals surface area contributed by atoms with E-state index in [1.807, 2.05) is 24.3 Å². The molecule has 0 radical (unpaired) electrons. The van der Waals surface area contributed by atoms with Gasteiger partial charge in [-0.1, -0.05) is 38.1 Å². The van der Waals surface area contributed by atoms with Crippen molar-refractivity contribution in [2.75, 3.05) is 17.2 Å². The number of ketones is 1. The summed E-state index contributed by atoms with van der Waals surface area (Å²) in [6.45, 7) is 12.5. The highest BCUT2D eigenvalue weighted by Crippen LogP contribution is 2.37. The molecule has 0 fully saturated rings. The Morgan fingerprint density at radius 3 is 2.42 bits per heavy atom. The molecular weight excluding hydrogens is 392 g/mol. The van der Waals surface area contributed by atoms with E-state index >= 15 is 0 Å². The summed E-state index contributed by atoms with van der Waals surface area (Å²) in [7, 11) is 0. The topological polar surface area (TPSA) is 105 Å². The van der Waals surface area contributed by atoms with Gasteiger partial charge in [-0.05, 0) is 39.2 Å². The van der Waals surface area contributed by atoms with E-state index in [4.69, 9.17) is 4.98 Å². The van der Waals surface area contributed by atoms with Crippen LogP contribution in [-0.4, -0.2) is 43.3 Å². The fraction of sp³-hybridized carbons (Fsp3) is 0.478. The maximum atomic E-state index is 12.0. The van der Waals surface area contributed by atoms with Crippen LogP contribution < -0.4 is 10.6 Å². The zero-order valence-corrected chi connectivity index (χ0v) is 19.1. The van der Waals surface area contributed by atoms with Gasteiger partial charge in [-0.2, -0.15) is 10.1 Å². The van der Waals surface area contributed by atoms with Gasteiger partial charge < -0.3 is 20.3 Å². The first-order chi connectivity index (χ1) is 14.7. The van der Waals surface area contributed by atoms with Crippen LogP contribution >= 0.6 is 0 Å². The standard InChI is InChI=1S/C23H32N6O2/c1-13(2)19-21-20(28-27-19)22(24-12-17-9-7-8-10-18(17)16(6)31)26-23(25-11-15(5)30)29(21)14(3)4/h7-10,13-15,24,30H,11-12H2,1-6H3,(H,25,26). The molecule has 31 heavy (non-hydrogen) atoms. The van der Waals surface area contributed by atoms with E-state index in [2.05, 4.69) is 53.1 Å². The van der Waals surface area contributed by atoms with Gasteiger partial charge in [0.25, 0.3) is 0 Å². The Balaban J connectivity index is 2.08. The van der Waals surface area contributed by atoms with Crippen LogP contribution in [0.4, 0.5) is 11.8 Å². The van der Waals surface area contributed by atoms with Crippen LogP contribution in [0.5, 0.6) is 0 Å². The quantitative estimate of drug-likeness (QED) is 0.444. The van der Waals surface area contributed by atoms with Gasteiger partial charge in [0.15, 0.2) is 17.3 Å². The van der Waals surface area contributed by atoms with Crippen LogP contribution in [0.2, 0.25) is 0 Å². The second-order valence-corrected chi connectivity index (χ2v) is 8.48. The van der Waals surface area contributed by atoms with E-state index in [9.17, 15) is 9.90 Å². The third-order valence-electron chi connectivity index (χ3n) is 5.10. The first-order valence-electron chi connectivity index (χ1n) is 10.7. The molecule has 2 aliphatic rings. The zero-order chi connectivity index (χ0) is 22.7. The molecule has 0 saturated heterocycles. The van der Waals surface area contributed by atoms with Gasteiger partial charge in [0.2, 0.25) is 5.95 Å². The number of carbonyl (C=O) groups excluding carboxylic acids is 1. The Morgan fingerprint density at radius 2 is 1.81 bits per heavy atom. The maximum Gasteiger partial charge on any atom is 0.205 e. The lowest BCUT2D eigenvalue weighted by molar-refractivity contribution is 0.101. The number of benzene rings is 1. The Morgan fingerprint density at radius 1 is 1.10 bits per heavy atom. The second kappa shape index (κ2) is 9.43. The maximum absolute atomic E-state index is 12.0. The Hall–Kier alpha value is -3.00. The fourth-order valence-electron chi connectivity index (χ4n) is 3.61. The lowest BCUT2D eigenvalue weighted by Gasteiger charge is -2.25. The van der Waals surface area contributed by atoms with Crippen LogP contribution in [0.25, 0.3) is 11.4 Å². The number of hydrogen-bond acceptors (Lipinski definition) is 7. The zero-order valence-electron chi connectivity index (χ0n) is 19.1. The predicted molar refractivity (Wildman–Crippen MR) is 123 cm³/mol. The van der Waals surface area contributed by atoms with Crippen LogP contribution in [0.1, 0.15) is 75.1 Å². The molecule has 0 bridgehead atoms. The molecule has 0 saturated carbocycles. The fourth-order valence-corrected chi connectivity index (χ4v) is 3.61. The summed E-state index contributed by atoms with van der Waals surface area (Å²) < 4.78 is 2.09. The highest BCUT2D eigenvalue weighted by atomic mass is 16.3. The molecule has 0 spiro atoms. The monoisotopic (exact) mass is 424 g/mol. The number of Topliss-reactive ketones (excluding diaryl/α,β-unsaturated/α-hetero) is 1. The van der Waals surface area contributed by atoms with Gasteiger partial charge in [0.05, 0.1) is 17.5 Å². The number of aromatic nitrogens is 4. The van der Waals surface area contributed by atoms with Crippen molar-refractivity contribution in [3.63, 3.8) is 0 Å². The lowest BCUT2D eigenvalue weighted by Crippen LogP contribution is -2.23. The molecule has 1 atom stereocenters. The molecule has 8 nitrogen and oxygen atoms in total. The summed E-state index contributed by atoms with van der Waals surface area (Å²) in [5.74, 6) is 1.45. The summed E-state index contributed by atoms with van der Waals surface area (Å²) in [5.41, 5.74) is 4.10. The van der Waals surface area contributed by atoms with Crippen LogP contribution in [-0.2, 0) is 6.54 Å². The highest BCUT2D eigenvalue weighted by Gasteiger charge is 2.28. The highest BCUT2D eigenvalue weighted by molar-refractivity contribution is 5.95. The smallest absolute Gasteiger partial charge is 0.205 e. The van der Waals surface area contributed by atoms with Crippen molar-refractivity contribution in [3.05, 3.63) is 41.1 Å². The van der Waals surface area contributed by atoms with E-state index in [-0.39, 0.29) is 17.7 Å². The molecule has 8 heteroatoms. The second-order valence-electron chi connectivity index (χ2n) is 8.48. The van der Waals surface area contributed by atoms with Gasteiger partial charge in [-0.25, -0.2) is 0 Å². The molecule has 3 rings (SSSR count). The third-order valence-corrected chi connectivity index (χ3v) is 5.10. The summed E-state index contributed by atoms with van der Waals surface area (Å²) in [6, 6.07) is 7.65. The van der Waals surface area contributed by atoms with Crippen molar-refractivity contribution in [3.8, 4) is 11.4 Å². The van der Waals surface area contributed by atoms with E-state index in [0.29, 0.717) is 36.1 Å². The Bertz CT molecular complexity index is 1020. The number of nitrogens with one attached hydrogen (secondary N) is 2. The van der Waals surface area contributed by atoms with Crippen molar-refractivity contribution in [1.29, 1.82) is 0 Å². The number of hydrogen-bond donors (Lipinski definition) is 3. The molecule has 2 heterocycles. The van der Waals surface area contributed by atoms with Crippen molar-refractivity contribution in [2.45, 2.75) is 66.2 Å². The minimum atomic E-state index is -0.516. The first-order valence-corrected chi connectivity index (χ1v) is 10.7. The van der Waals surface area contributed by atoms with Gasteiger partial charge in [0, 0.05) is 24.7 Å². The number of anilines is 2. The van der Waals surface area contributed by atoms with Crippen molar-refractivity contribution < 1.29 is 9.90 Å². The largest absolute Gasteiger partial charge is 0.392 e. The number of aliphatic hydroxyl groups is 1. The molecule has 3 N–H and O–H groups in total. The van der Waals surface area contributed by atoms with Gasteiger partial charge in [0.1, 0.15) is 0 Å². The number of fused-ring (bicyclic) bond motifs is 1. The van der Waals surface area contributed by atoms with Gasteiger partial charge >= 0.3 is 0 Å². The van der Waals surface area contributed by atoms with Gasteiger partial charge in [-0.15, -0.1) is 5.10 Å². The van der Waals surface area contributed by atoms with Crippen molar-refractivity contribution >= 4 is 17.5 Å². The summed E-state index contributed by atoms with van der Waals surface area (Å²) >= 11 is 0. The van der Waals surface area contributed by atoms with E-state index in [1.54, 1.807) is 13.8 Å². The van der Waals surface area contributed by atoms with Crippen molar-refractivity contribution in [2.24, 2.45) is 0 Å². The Labute approximate surface area is 183 Å². The van der Waals surface area contributed by atoms with Crippen LogP contribution in [0.3, 0.4) is 0 Å². The minimum absolute atomic E-state index is 0.0238. The van der Waals surface area contributed by atoms with Crippen LogP contribution in [0, 0.1) is 0 Å². The SMILES string of the molecule is CC(=O)c1ccccc1CNc1nc(NCC(C)O)n(C(C)C)c2c(C(C)C)nnc1-2. The molecule has 0 aromatic heterocycles. The number of carbonyl (C=O) groups is 1. The summed E-state index contributed by atoms with van der Waals surface area (Å²) in [5, 5.41) is 25.3. The molecule has 166 valence electrons. The first kappa shape index (κ1) is 22.7. The molecule has 1 unspecified atom stereocenters. The minimum Gasteiger partial charge on any atom is -0.392 e. The molecular formula is C23H32N6O2. The normalized spacial score (nSPS) is 12.5. The summed E-state index contributed by atoms with van der Waals surface area (Å²) in [4.78, 5) is 16.8. The lowest BCUT2D eigenvalue weighted by atomic mass is 10.0. The number of aliphatic hydroxyl groups excluding tert-OH is 1. The average Bonchev–Trinajstić information content (AvgIpc) is 3.15. The molecule has 1 aromatic rings. The molecule has 1 aromatic carbocycles. The molecule has 0 aliphatic carbocycles. The molecule has 2 aliphatic heterocycles. The van der Waals surface area contributed by atoms with Crippen LogP contribution in [0.15, 0.2) is 24.3 Å². The number of rotatable bonds is 9. The van der Waals surface area contributed by atoms with Gasteiger partial charge in [-0.3, -0.25) is 4.79 Å². The van der Waals surface area contributed by atoms with E-state index < -0.39 is 6.10 Å². The number of nitrogens with zero attached hydrogens (tertiary/aromatic N) is 4. The Kier molecular flexibility index (Phi) is 6.90. The van der Waals surface area contributed by atoms with E-state index in [1.165, 1.54) is 0 Å². The van der Waals surface area contributed by atoms with E-state index in [0.717, 1.165) is 17.0 Å².